The highest BCUT2D eigenvalue weighted by atomic mass is 16.6. The number of rotatable bonds is 3. The molecule has 0 N–H and O–H groups in total. The summed E-state index contributed by atoms with van der Waals surface area (Å²) in [6.45, 7) is 6.82. The number of hydrogen-bond acceptors (Lipinski definition) is 4. The molecule has 0 saturated carbocycles. The van der Waals surface area contributed by atoms with Gasteiger partial charge >= 0.3 is 12.2 Å². The lowest BCUT2D eigenvalue weighted by molar-refractivity contribution is -0.124. The van der Waals surface area contributed by atoms with Gasteiger partial charge in [0, 0.05) is 28.2 Å². The Balaban J connectivity index is 4.85. The molecule has 0 saturated heterocycles. The van der Waals surface area contributed by atoms with Crippen molar-refractivity contribution in [3.8, 4) is 0 Å². The second-order valence-corrected chi connectivity index (χ2v) is 5.55. The SMILES string of the molecule is CN(C)C(=O)OC(C)(C)C(C)(C)OC(=O)N(C)C. The second kappa shape index (κ2) is 5.46. The van der Waals surface area contributed by atoms with Gasteiger partial charge in [-0.3, -0.25) is 0 Å². The molecule has 0 aliphatic heterocycles. The van der Waals surface area contributed by atoms with Crippen LogP contribution in [0.4, 0.5) is 9.59 Å². The van der Waals surface area contributed by atoms with Crippen molar-refractivity contribution < 1.29 is 19.1 Å². The molecule has 0 fully saturated rings. The van der Waals surface area contributed by atoms with Crippen LogP contribution in [0.1, 0.15) is 27.7 Å². The minimum atomic E-state index is -0.944. The lowest BCUT2D eigenvalue weighted by Crippen LogP contribution is -2.53. The molecule has 18 heavy (non-hydrogen) atoms. The zero-order chi connectivity index (χ0) is 14.7. The highest BCUT2D eigenvalue weighted by molar-refractivity contribution is 5.68. The third kappa shape index (κ3) is 4.09. The van der Waals surface area contributed by atoms with Crippen molar-refractivity contribution in [1.29, 1.82) is 0 Å². The summed E-state index contributed by atoms with van der Waals surface area (Å²) in [5.74, 6) is 0. The third-order valence-electron chi connectivity index (χ3n) is 2.87. The Morgan fingerprint density at radius 1 is 0.722 bits per heavy atom. The molecule has 2 amide bonds. The van der Waals surface area contributed by atoms with Crippen molar-refractivity contribution in [3.05, 3.63) is 0 Å². The van der Waals surface area contributed by atoms with E-state index < -0.39 is 23.4 Å². The van der Waals surface area contributed by atoms with E-state index >= 15 is 0 Å². The molecule has 0 atom stereocenters. The van der Waals surface area contributed by atoms with Gasteiger partial charge in [-0.05, 0) is 27.7 Å². The average Bonchev–Trinajstić information content (AvgIpc) is 2.15. The highest BCUT2D eigenvalue weighted by Gasteiger charge is 2.44. The van der Waals surface area contributed by atoms with E-state index in [9.17, 15) is 9.59 Å². The van der Waals surface area contributed by atoms with Crippen LogP contribution in [0.2, 0.25) is 0 Å². The van der Waals surface area contributed by atoms with Crippen molar-refractivity contribution >= 4 is 12.2 Å². The standard InChI is InChI=1S/C12H24N2O4/c1-11(2,17-9(15)13(5)6)12(3,4)18-10(16)14(7)8/h1-8H3. The smallest absolute Gasteiger partial charge is 0.409 e. The normalized spacial score (nSPS) is 11.8. The second-order valence-electron chi connectivity index (χ2n) is 5.55. The molecule has 0 spiro atoms. The maximum Gasteiger partial charge on any atom is 0.409 e. The van der Waals surface area contributed by atoms with Crippen LogP contribution in [0, 0.1) is 0 Å². The number of hydrogen-bond donors (Lipinski definition) is 0. The molecule has 0 unspecified atom stereocenters. The average molecular weight is 260 g/mol. The largest absolute Gasteiger partial charge is 0.439 e. The summed E-state index contributed by atoms with van der Waals surface area (Å²) in [5, 5.41) is 0. The Labute approximate surface area is 109 Å². The summed E-state index contributed by atoms with van der Waals surface area (Å²) in [7, 11) is 6.38. The minimum Gasteiger partial charge on any atom is -0.439 e. The quantitative estimate of drug-likeness (QED) is 0.778. The molecular formula is C12H24N2O4. The van der Waals surface area contributed by atoms with E-state index in [1.807, 2.05) is 0 Å². The predicted molar refractivity (Wildman–Crippen MR) is 68.5 cm³/mol. The Morgan fingerprint density at radius 3 is 1.11 bits per heavy atom. The molecule has 0 bridgehead atoms. The molecular weight excluding hydrogens is 236 g/mol. The first-order valence-electron chi connectivity index (χ1n) is 5.71. The fourth-order valence-electron chi connectivity index (χ4n) is 0.865. The van der Waals surface area contributed by atoms with Crippen LogP contribution in [0.3, 0.4) is 0 Å². The summed E-state index contributed by atoms with van der Waals surface area (Å²) in [6.07, 6.45) is -0.956. The predicted octanol–water partition coefficient (Wildman–Crippen LogP) is 1.94. The van der Waals surface area contributed by atoms with E-state index in [0.29, 0.717) is 0 Å². The van der Waals surface area contributed by atoms with Gasteiger partial charge in [0.2, 0.25) is 0 Å². The third-order valence-corrected chi connectivity index (χ3v) is 2.87. The van der Waals surface area contributed by atoms with Gasteiger partial charge in [0.15, 0.2) is 0 Å². The topological polar surface area (TPSA) is 59.1 Å². The zero-order valence-corrected chi connectivity index (χ0v) is 12.5. The highest BCUT2D eigenvalue weighted by Crippen LogP contribution is 2.30. The van der Waals surface area contributed by atoms with Gasteiger partial charge in [0.05, 0.1) is 0 Å². The lowest BCUT2D eigenvalue weighted by atomic mass is 9.89. The van der Waals surface area contributed by atoms with E-state index in [2.05, 4.69) is 0 Å². The van der Waals surface area contributed by atoms with Crippen LogP contribution in [0.5, 0.6) is 0 Å². The van der Waals surface area contributed by atoms with Gasteiger partial charge in [-0.2, -0.15) is 0 Å². The first kappa shape index (κ1) is 16.5. The summed E-state index contributed by atoms with van der Waals surface area (Å²) in [5.41, 5.74) is -1.89. The molecule has 0 aliphatic rings. The maximum atomic E-state index is 11.6. The fourth-order valence-corrected chi connectivity index (χ4v) is 0.865. The van der Waals surface area contributed by atoms with Crippen LogP contribution in [0.25, 0.3) is 0 Å². The molecule has 0 heterocycles. The monoisotopic (exact) mass is 260 g/mol. The summed E-state index contributed by atoms with van der Waals surface area (Å²) in [4.78, 5) is 25.8. The summed E-state index contributed by atoms with van der Waals surface area (Å²) >= 11 is 0. The molecule has 6 nitrogen and oxygen atoms in total. The molecule has 0 aromatic rings. The van der Waals surface area contributed by atoms with Crippen molar-refractivity contribution in [3.63, 3.8) is 0 Å². The van der Waals surface area contributed by atoms with E-state index in [-0.39, 0.29) is 0 Å². The van der Waals surface area contributed by atoms with Crippen molar-refractivity contribution in [2.45, 2.75) is 38.9 Å². The van der Waals surface area contributed by atoms with Crippen LogP contribution in [-0.4, -0.2) is 61.4 Å². The van der Waals surface area contributed by atoms with Crippen LogP contribution in [-0.2, 0) is 9.47 Å². The van der Waals surface area contributed by atoms with E-state index in [0.717, 1.165) is 0 Å². The van der Waals surface area contributed by atoms with Crippen molar-refractivity contribution in [2.75, 3.05) is 28.2 Å². The van der Waals surface area contributed by atoms with Gasteiger partial charge in [-0.25, -0.2) is 9.59 Å². The number of nitrogens with zero attached hydrogens (tertiary/aromatic N) is 2. The molecule has 0 radical (unpaired) electrons. The lowest BCUT2D eigenvalue weighted by Gasteiger charge is -2.40. The van der Waals surface area contributed by atoms with E-state index in [1.54, 1.807) is 55.9 Å². The van der Waals surface area contributed by atoms with Crippen molar-refractivity contribution in [1.82, 2.24) is 9.80 Å². The Morgan fingerprint density at radius 2 is 0.944 bits per heavy atom. The molecule has 0 rings (SSSR count). The van der Waals surface area contributed by atoms with Crippen LogP contribution >= 0.6 is 0 Å². The van der Waals surface area contributed by atoms with Crippen LogP contribution in [0.15, 0.2) is 0 Å². The molecule has 0 aliphatic carbocycles. The first-order chi connectivity index (χ1) is 7.90. The number of ether oxygens (including phenoxy) is 2. The summed E-state index contributed by atoms with van der Waals surface area (Å²) < 4.78 is 10.7. The van der Waals surface area contributed by atoms with E-state index in [4.69, 9.17) is 9.47 Å². The first-order valence-corrected chi connectivity index (χ1v) is 5.71. The molecule has 106 valence electrons. The summed E-state index contributed by atoms with van der Waals surface area (Å²) in [6, 6.07) is 0. The van der Waals surface area contributed by atoms with Gasteiger partial charge in [-0.15, -0.1) is 0 Å². The molecule has 6 heteroatoms. The number of carbonyl (C=O) groups excluding carboxylic acids is 2. The zero-order valence-electron chi connectivity index (χ0n) is 12.5. The van der Waals surface area contributed by atoms with E-state index in [1.165, 1.54) is 9.80 Å². The van der Waals surface area contributed by atoms with Crippen LogP contribution < -0.4 is 0 Å². The minimum absolute atomic E-state index is 0.478. The Kier molecular flexibility index (Phi) is 5.01. The van der Waals surface area contributed by atoms with Gasteiger partial charge in [0.25, 0.3) is 0 Å². The fraction of sp³-hybridized carbons (Fsp3) is 0.833. The van der Waals surface area contributed by atoms with Crippen molar-refractivity contribution in [2.24, 2.45) is 0 Å². The molecule has 0 aromatic carbocycles. The van der Waals surface area contributed by atoms with Gasteiger partial charge in [-0.1, -0.05) is 0 Å². The Hall–Kier alpha value is -1.46. The van der Waals surface area contributed by atoms with Gasteiger partial charge < -0.3 is 19.3 Å². The molecule has 0 aromatic heterocycles. The maximum absolute atomic E-state index is 11.6. The number of amides is 2. The number of carbonyl (C=O) groups is 2. The van der Waals surface area contributed by atoms with Gasteiger partial charge in [0.1, 0.15) is 11.2 Å². The Bertz CT molecular complexity index is 290.